The van der Waals surface area contributed by atoms with Gasteiger partial charge in [0.2, 0.25) is 0 Å². The van der Waals surface area contributed by atoms with Gasteiger partial charge in [0.15, 0.2) is 0 Å². The van der Waals surface area contributed by atoms with E-state index in [0.717, 1.165) is 37.6 Å². The first-order valence-electron chi connectivity index (χ1n) is 7.33. The normalized spacial score (nSPS) is 18.8. The van der Waals surface area contributed by atoms with Gasteiger partial charge in [0.1, 0.15) is 5.75 Å². The maximum Gasteiger partial charge on any atom is 0.142 e. The molecule has 1 aromatic carbocycles. The molecule has 0 radical (unpaired) electrons. The van der Waals surface area contributed by atoms with Crippen LogP contribution < -0.4 is 10.1 Å². The maximum absolute atomic E-state index is 5.83. The van der Waals surface area contributed by atoms with Gasteiger partial charge in [-0.1, -0.05) is 26.0 Å². The van der Waals surface area contributed by atoms with Gasteiger partial charge < -0.3 is 14.8 Å². The Morgan fingerprint density at radius 1 is 1.37 bits per heavy atom. The number of ether oxygens (including phenoxy) is 2. The van der Waals surface area contributed by atoms with Crippen molar-refractivity contribution in [1.82, 2.24) is 0 Å². The monoisotopic (exact) mass is 263 g/mol. The standard InChI is InChI=1S/C16H25NO2/c1-13(2)12-19-16-8-4-3-7-15(16)17-10-9-14-6-5-11-18-14/h3-4,7-8,13-14,17H,5-6,9-12H2,1-2H3/t14-/m1/s1. The number of rotatable bonds is 7. The quantitative estimate of drug-likeness (QED) is 0.813. The molecule has 1 fully saturated rings. The zero-order valence-corrected chi connectivity index (χ0v) is 12.0. The van der Waals surface area contributed by atoms with E-state index in [1.807, 2.05) is 18.2 Å². The summed E-state index contributed by atoms with van der Waals surface area (Å²) in [7, 11) is 0. The van der Waals surface area contributed by atoms with Crippen LogP contribution in [0.5, 0.6) is 5.75 Å². The third kappa shape index (κ3) is 4.75. The van der Waals surface area contributed by atoms with Gasteiger partial charge in [0.25, 0.3) is 0 Å². The van der Waals surface area contributed by atoms with Crippen LogP contribution in [0.25, 0.3) is 0 Å². The zero-order chi connectivity index (χ0) is 13.5. The van der Waals surface area contributed by atoms with Gasteiger partial charge in [-0.25, -0.2) is 0 Å². The summed E-state index contributed by atoms with van der Waals surface area (Å²) >= 11 is 0. The Balaban J connectivity index is 1.80. The van der Waals surface area contributed by atoms with E-state index >= 15 is 0 Å². The van der Waals surface area contributed by atoms with Gasteiger partial charge >= 0.3 is 0 Å². The molecule has 19 heavy (non-hydrogen) atoms. The van der Waals surface area contributed by atoms with Crippen LogP contribution in [0.15, 0.2) is 24.3 Å². The highest BCUT2D eigenvalue weighted by Crippen LogP contribution is 2.24. The average Bonchev–Trinajstić information content (AvgIpc) is 2.91. The number of hydrogen-bond acceptors (Lipinski definition) is 3. The molecule has 1 aliphatic rings. The molecule has 1 atom stereocenters. The van der Waals surface area contributed by atoms with Crippen molar-refractivity contribution in [3.63, 3.8) is 0 Å². The molecular weight excluding hydrogens is 238 g/mol. The molecule has 0 aliphatic carbocycles. The van der Waals surface area contributed by atoms with Crippen molar-refractivity contribution in [2.45, 2.75) is 39.2 Å². The Morgan fingerprint density at radius 3 is 2.95 bits per heavy atom. The minimum absolute atomic E-state index is 0.441. The third-order valence-electron chi connectivity index (χ3n) is 3.26. The Kier molecular flexibility index (Phi) is 5.52. The van der Waals surface area contributed by atoms with Gasteiger partial charge in [0.05, 0.1) is 18.4 Å². The lowest BCUT2D eigenvalue weighted by Gasteiger charge is -2.15. The van der Waals surface area contributed by atoms with Crippen molar-refractivity contribution in [2.75, 3.05) is 25.1 Å². The smallest absolute Gasteiger partial charge is 0.142 e. The van der Waals surface area contributed by atoms with Crippen molar-refractivity contribution in [2.24, 2.45) is 5.92 Å². The summed E-state index contributed by atoms with van der Waals surface area (Å²) in [6, 6.07) is 8.15. The second-order valence-electron chi connectivity index (χ2n) is 5.55. The molecule has 1 aromatic rings. The van der Waals surface area contributed by atoms with E-state index in [-0.39, 0.29) is 0 Å². The number of para-hydroxylation sites is 2. The largest absolute Gasteiger partial charge is 0.491 e. The van der Waals surface area contributed by atoms with Crippen LogP contribution in [-0.4, -0.2) is 25.9 Å². The molecule has 3 heteroatoms. The van der Waals surface area contributed by atoms with E-state index in [0.29, 0.717) is 12.0 Å². The lowest BCUT2D eigenvalue weighted by molar-refractivity contribution is 0.107. The molecule has 1 heterocycles. The Hall–Kier alpha value is -1.22. The van der Waals surface area contributed by atoms with Crippen molar-refractivity contribution in [1.29, 1.82) is 0 Å². The predicted molar refractivity (Wildman–Crippen MR) is 78.9 cm³/mol. The van der Waals surface area contributed by atoms with Crippen molar-refractivity contribution in [3.8, 4) is 5.75 Å². The number of benzene rings is 1. The summed E-state index contributed by atoms with van der Waals surface area (Å²) < 4.78 is 11.5. The lowest BCUT2D eigenvalue weighted by atomic mass is 10.2. The number of hydrogen-bond donors (Lipinski definition) is 1. The van der Waals surface area contributed by atoms with E-state index < -0.39 is 0 Å². The molecule has 0 spiro atoms. The van der Waals surface area contributed by atoms with E-state index in [1.54, 1.807) is 0 Å². The Bertz CT molecular complexity index is 373. The van der Waals surface area contributed by atoms with Crippen molar-refractivity contribution >= 4 is 5.69 Å². The third-order valence-corrected chi connectivity index (χ3v) is 3.26. The van der Waals surface area contributed by atoms with Crippen molar-refractivity contribution in [3.05, 3.63) is 24.3 Å². The van der Waals surface area contributed by atoms with E-state index in [2.05, 4.69) is 25.2 Å². The predicted octanol–water partition coefficient (Wildman–Crippen LogP) is 3.70. The van der Waals surface area contributed by atoms with Crippen LogP contribution in [0.3, 0.4) is 0 Å². The molecule has 2 rings (SSSR count). The second kappa shape index (κ2) is 7.39. The summed E-state index contributed by atoms with van der Waals surface area (Å²) in [6.07, 6.45) is 3.92. The topological polar surface area (TPSA) is 30.5 Å². The fraction of sp³-hybridized carbons (Fsp3) is 0.625. The first kappa shape index (κ1) is 14.2. The van der Waals surface area contributed by atoms with E-state index in [1.165, 1.54) is 12.8 Å². The molecular formula is C16H25NO2. The number of anilines is 1. The van der Waals surface area contributed by atoms with E-state index in [4.69, 9.17) is 9.47 Å². The minimum Gasteiger partial charge on any atom is -0.491 e. The molecule has 3 nitrogen and oxygen atoms in total. The summed E-state index contributed by atoms with van der Waals surface area (Å²) in [5.41, 5.74) is 1.08. The highest BCUT2D eigenvalue weighted by Gasteiger charge is 2.14. The van der Waals surface area contributed by atoms with Crippen LogP contribution in [0.1, 0.15) is 33.1 Å². The van der Waals surface area contributed by atoms with Crippen LogP contribution in [0.4, 0.5) is 5.69 Å². The molecule has 0 saturated carbocycles. The maximum atomic E-state index is 5.83. The average molecular weight is 263 g/mol. The van der Waals surface area contributed by atoms with Crippen LogP contribution in [-0.2, 0) is 4.74 Å². The summed E-state index contributed by atoms with van der Waals surface area (Å²) in [5.74, 6) is 1.49. The first-order chi connectivity index (χ1) is 9.25. The summed E-state index contributed by atoms with van der Waals surface area (Å²) in [5, 5.41) is 3.46. The molecule has 106 valence electrons. The molecule has 0 aromatic heterocycles. The summed E-state index contributed by atoms with van der Waals surface area (Å²) in [6.45, 7) is 6.94. The van der Waals surface area contributed by atoms with Crippen LogP contribution >= 0.6 is 0 Å². The molecule has 0 unspecified atom stereocenters. The highest BCUT2D eigenvalue weighted by atomic mass is 16.5. The zero-order valence-electron chi connectivity index (χ0n) is 12.0. The van der Waals surface area contributed by atoms with Crippen LogP contribution in [0.2, 0.25) is 0 Å². The first-order valence-corrected chi connectivity index (χ1v) is 7.33. The summed E-state index contributed by atoms with van der Waals surface area (Å²) in [4.78, 5) is 0. The molecule has 0 bridgehead atoms. The van der Waals surface area contributed by atoms with Gasteiger partial charge in [-0.2, -0.15) is 0 Å². The van der Waals surface area contributed by atoms with Crippen LogP contribution in [0, 0.1) is 5.92 Å². The van der Waals surface area contributed by atoms with Crippen molar-refractivity contribution < 1.29 is 9.47 Å². The number of nitrogens with one attached hydrogen (secondary N) is 1. The van der Waals surface area contributed by atoms with Gasteiger partial charge in [-0.3, -0.25) is 0 Å². The fourth-order valence-electron chi connectivity index (χ4n) is 2.23. The highest BCUT2D eigenvalue weighted by molar-refractivity contribution is 5.56. The van der Waals surface area contributed by atoms with E-state index in [9.17, 15) is 0 Å². The Labute approximate surface area is 116 Å². The minimum atomic E-state index is 0.441. The van der Waals surface area contributed by atoms with Gasteiger partial charge in [0, 0.05) is 13.2 Å². The van der Waals surface area contributed by atoms with Gasteiger partial charge in [-0.05, 0) is 37.3 Å². The molecule has 1 saturated heterocycles. The molecule has 0 amide bonds. The van der Waals surface area contributed by atoms with Gasteiger partial charge in [-0.15, -0.1) is 0 Å². The molecule has 1 aliphatic heterocycles. The lowest BCUT2D eigenvalue weighted by Crippen LogP contribution is -2.13. The SMILES string of the molecule is CC(C)COc1ccccc1NCC[C@H]1CCCO1. The molecule has 1 N–H and O–H groups in total. The Morgan fingerprint density at radius 2 is 2.21 bits per heavy atom. The fourth-order valence-corrected chi connectivity index (χ4v) is 2.23. The second-order valence-corrected chi connectivity index (χ2v) is 5.55.